The predicted molar refractivity (Wildman–Crippen MR) is 63.3 cm³/mol. The number of hydrogen-bond donors (Lipinski definition) is 1. The molecule has 1 aromatic carbocycles. The molecule has 0 bridgehead atoms. The van der Waals surface area contributed by atoms with Gasteiger partial charge >= 0.3 is 0 Å². The van der Waals surface area contributed by atoms with Gasteiger partial charge in [0.1, 0.15) is 0 Å². The van der Waals surface area contributed by atoms with Gasteiger partial charge < -0.3 is 0 Å². The van der Waals surface area contributed by atoms with Gasteiger partial charge in [-0.25, -0.2) is 0 Å². The molecule has 3 rings (SSSR count). The molecule has 0 aliphatic rings. The van der Waals surface area contributed by atoms with E-state index in [9.17, 15) is 0 Å². The molecule has 0 unspecified atom stereocenters. The van der Waals surface area contributed by atoms with Gasteiger partial charge in [0.15, 0.2) is 0 Å². The van der Waals surface area contributed by atoms with Crippen LogP contribution >= 0.6 is 11.6 Å². The zero-order valence-electron chi connectivity index (χ0n) is 8.61. The number of halogens is 1. The van der Waals surface area contributed by atoms with Crippen molar-refractivity contribution in [3.05, 3.63) is 35.7 Å². The normalized spacial score (nSPS) is 11.1. The Labute approximate surface area is 96.8 Å². The maximum absolute atomic E-state index is 6.07. The fourth-order valence-corrected chi connectivity index (χ4v) is 2.02. The van der Waals surface area contributed by atoms with Crippen molar-refractivity contribution in [1.29, 1.82) is 0 Å². The van der Waals surface area contributed by atoms with Crippen LogP contribution < -0.4 is 0 Å². The summed E-state index contributed by atoms with van der Waals surface area (Å²) in [6, 6.07) is 3.85. The number of aryl methyl sites for hydroxylation is 1. The quantitative estimate of drug-likeness (QED) is 0.701. The number of hydrogen-bond acceptors (Lipinski definition) is 2. The summed E-state index contributed by atoms with van der Waals surface area (Å²) in [4.78, 5) is 0. The smallest absolute Gasteiger partial charge is 0.0842 e. The van der Waals surface area contributed by atoms with Crippen LogP contribution in [0.2, 0.25) is 5.02 Å². The standard InChI is InChI=1S/C11H9ClN4/c1-16-6-7(4-14-16)8-2-3-10(12)11-9(8)5-13-15-11/h2-6H,1H3,(H,13,15). The number of fused-ring (bicyclic) bond motifs is 1. The van der Waals surface area contributed by atoms with Gasteiger partial charge in [-0.1, -0.05) is 17.7 Å². The minimum atomic E-state index is 0.681. The number of aromatic nitrogens is 4. The molecule has 2 aromatic heterocycles. The Balaban J connectivity index is 2.32. The molecular formula is C11H9ClN4. The summed E-state index contributed by atoms with van der Waals surface area (Å²) < 4.78 is 1.77. The molecule has 4 nitrogen and oxygen atoms in total. The summed E-state index contributed by atoms with van der Waals surface area (Å²) >= 11 is 6.07. The first kappa shape index (κ1) is 9.42. The van der Waals surface area contributed by atoms with E-state index < -0.39 is 0 Å². The van der Waals surface area contributed by atoms with E-state index in [1.165, 1.54) is 0 Å². The highest BCUT2D eigenvalue weighted by Crippen LogP contribution is 2.31. The third-order valence-corrected chi connectivity index (χ3v) is 2.90. The monoisotopic (exact) mass is 232 g/mol. The van der Waals surface area contributed by atoms with Gasteiger partial charge in [0.2, 0.25) is 0 Å². The van der Waals surface area contributed by atoms with Crippen LogP contribution in [0.4, 0.5) is 0 Å². The topological polar surface area (TPSA) is 46.5 Å². The molecule has 0 saturated heterocycles. The number of nitrogens with zero attached hydrogens (tertiary/aromatic N) is 3. The van der Waals surface area contributed by atoms with Gasteiger partial charge in [0.25, 0.3) is 0 Å². The van der Waals surface area contributed by atoms with E-state index in [0.29, 0.717) is 5.02 Å². The lowest BCUT2D eigenvalue weighted by molar-refractivity contribution is 0.768. The van der Waals surface area contributed by atoms with E-state index in [-0.39, 0.29) is 0 Å². The lowest BCUT2D eigenvalue weighted by Crippen LogP contribution is -1.84. The van der Waals surface area contributed by atoms with E-state index in [1.807, 2.05) is 31.6 Å². The van der Waals surface area contributed by atoms with Crippen molar-refractivity contribution in [2.24, 2.45) is 7.05 Å². The molecule has 0 amide bonds. The van der Waals surface area contributed by atoms with Crippen LogP contribution in [0.3, 0.4) is 0 Å². The van der Waals surface area contributed by atoms with Gasteiger partial charge in [-0.2, -0.15) is 10.2 Å². The number of benzene rings is 1. The van der Waals surface area contributed by atoms with Crippen LogP contribution in [0.15, 0.2) is 30.7 Å². The van der Waals surface area contributed by atoms with E-state index in [2.05, 4.69) is 15.3 Å². The zero-order valence-corrected chi connectivity index (χ0v) is 9.36. The largest absolute Gasteiger partial charge is 0.276 e. The average molecular weight is 233 g/mol. The molecule has 16 heavy (non-hydrogen) atoms. The molecule has 0 saturated carbocycles. The SMILES string of the molecule is Cn1cc(-c2ccc(Cl)c3[nH]ncc23)cn1. The lowest BCUT2D eigenvalue weighted by Gasteiger charge is -2.00. The first-order chi connectivity index (χ1) is 7.75. The summed E-state index contributed by atoms with van der Waals surface area (Å²) in [6.45, 7) is 0. The minimum absolute atomic E-state index is 0.681. The van der Waals surface area contributed by atoms with Crippen molar-refractivity contribution in [1.82, 2.24) is 20.0 Å². The minimum Gasteiger partial charge on any atom is -0.276 e. The molecule has 0 atom stereocenters. The summed E-state index contributed by atoms with van der Waals surface area (Å²) in [6.07, 6.45) is 5.58. The van der Waals surface area contributed by atoms with Gasteiger partial charge in [0.05, 0.1) is 22.9 Å². The van der Waals surface area contributed by atoms with Crippen LogP contribution in [0, 0.1) is 0 Å². The molecule has 5 heteroatoms. The average Bonchev–Trinajstić information content (AvgIpc) is 2.87. The van der Waals surface area contributed by atoms with Gasteiger partial charge in [0, 0.05) is 24.2 Å². The number of nitrogens with one attached hydrogen (secondary N) is 1. The Hall–Kier alpha value is -1.81. The second kappa shape index (κ2) is 3.35. The Morgan fingerprint density at radius 2 is 2.19 bits per heavy atom. The van der Waals surface area contributed by atoms with Crippen LogP contribution in [0.1, 0.15) is 0 Å². The first-order valence-corrected chi connectivity index (χ1v) is 5.24. The zero-order chi connectivity index (χ0) is 11.1. The molecular weight excluding hydrogens is 224 g/mol. The Morgan fingerprint density at radius 1 is 1.31 bits per heavy atom. The summed E-state index contributed by atoms with van der Waals surface area (Å²) in [7, 11) is 1.89. The molecule has 1 N–H and O–H groups in total. The Morgan fingerprint density at radius 3 is 2.94 bits per heavy atom. The van der Waals surface area contributed by atoms with Gasteiger partial charge in [-0.05, 0) is 11.6 Å². The highest BCUT2D eigenvalue weighted by Gasteiger charge is 2.09. The molecule has 0 radical (unpaired) electrons. The first-order valence-electron chi connectivity index (χ1n) is 4.86. The number of rotatable bonds is 1. The third-order valence-electron chi connectivity index (χ3n) is 2.58. The van der Waals surface area contributed by atoms with Crippen LogP contribution in [0.25, 0.3) is 22.0 Å². The van der Waals surface area contributed by atoms with Crippen molar-refractivity contribution in [2.45, 2.75) is 0 Å². The van der Waals surface area contributed by atoms with E-state index in [1.54, 1.807) is 10.9 Å². The fraction of sp³-hybridized carbons (Fsp3) is 0.0909. The van der Waals surface area contributed by atoms with Gasteiger partial charge in [-0.3, -0.25) is 9.78 Å². The van der Waals surface area contributed by atoms with E-state index >= 15 is 0 Å². The fourth-order valence-electron chi connectivity index (χ4n) is 1.81. The molecule has 0 aliphatic heterocycles. The number of H-pyrrole nitrogens is 1. The van der Waals surface area contributed by atoms with Crippen molar-refractivity contribution >= 4 is 22.5 Å². The molecule has 80 valence electrons. The van der Waals surface area contributed by atoms with Crippen LogP contribution in [0.5, 0.6) is 0 Å². The summed E-state index contributed by atoms with van der Waals surface area (Å²) in [5.41, 5.74) is 3.01. The third kappa shape index (κ3) is 1.31. The summed E-state index contributed by atoms with van der Waals surface area (Å²) in [5, 5.41) is 12.8. The van der Waals surface area contributed by atoms with Crippen molar-refractivity contribution in [3.8, 4) is 11.1 Å². The predicted octanol–water partition coefficient (Wildman–Crippen LogP) is 2.62. The maximum Gasteiger partial charge on any atom is 0.0842 e. The summed E-state index contributed by atoms with van der Waals surface area (Å²) in [5.74, 6) is 0. The van der Waals surface area contributed by atoms with Crippen LogP contribution in [-0.4, -0.2) is 20.0 Å². The Bertz CT molecular complexity index is 653. The van der Waals surface area contributed by atoms with Gasteiger partial charge in [-0.15, -0.1) is 0 Å². The molecule has 3 aromatic rings. The Kier molecular flexibility index (Phi) is 1.97. The maximum atomic E-state index is 6.07. The second-order valence-corrected chi connectivity index (χ2v) is 4.06. The molecule has 2 heterocycles. The highest BCUT2D eigenvalue weighted by molar-refractivity contribution is 6.35. The molecule has 0 aliphatic carbocycles. The van der Waals surface area contributed by atoms with Crippen molar-refractivity contribution in [2.75, 3.05) is 0 Å². The van der Waals surface area contributed by atoms with Crippen LogP contribution in [-0.2, 0) is 7.05 Å². The van der Waals surface area contributed by atoms with E-state index in [0.717, 1.165) is 22.0 Å². The lowest BCUT2D eigenvalue weighted by atomic mass is 10.1. The molecule has 0 fully saturated rings. The number of aromatic amines is 1. The van der Waals surface area contributed by atoms with Crippen molar-refractivity contribution in [3.63, 3.8) is 0 Å². The van der Waals surface area contributed by atoms with Crippen molar-refractivity contribution < 1.29 is 0 Å². The highest BCUT2D eigenvalue weighted by atomic mass is 35.5. The second-order valence-electron chi connectivity index (χ2n) is 3.66. The van der Waals surface area contributed by atoms with E-state index in [4.69, 9.17) is 11.6 Å². The molecule has 0 spiro atoms.